The molecule has 0 aliphatic heterocycles. The van der Waals surface area contributed by atoms with E-state index in [4.69, 9.17) is 4.74 Å². The number of benzene rings is 1. The Morgan fingerprint density at radius 2 is 1.62 bits per heavy atom. The maximum atomic E-state index is 12.7. The molecule has 1 aromatic carbocycles. The van der Waals surface area contributed by atoms with Crippen molar-refractivity contribution in [2.75, 3.05) is 39.8 Å². The summed E-state index contributed by atoms with van der Waals surface area (Å²) in [5, 5.41) is 0. The predicted molar refractivity (Wildman–Crippen MR) is 96.1 cm³/mol. The number of hydrogen-bond acceptors (Lipinski definition) is 4. The summed E-state index contributed by atoms with van der Waals surface area (Å²) in [6.45, 7) is 10.2. The third-order valence-electron chi connectivity index (χ3n) is 4.20. The lowest BCUT2D eigenvalue weighted by Gasteiger charge is -2.24. The molecule has 5 nitrogen and oxygen atoms in total. The number of carbonyl (C=O) groups excluding carboxylic acids is 2. The van der Waals surface area contributed by atoms with Crippen LogP contribution in [0.25, 0.3) is 0 Å². The summed E-state index contributed by atoms with van der Waals surface area (Å²) in [6.07, 6.45) is 1.11. The standard InChI is InChI=1S/C19H30N2O3/c1-5-20(6-2)13-7-14-21(15-12-18(22)24-4)19(23)17-10-8-16(3)9-11-17/h8-11H,5-7,12-15H2,1-4H3. The van der Waals surface area contributed by atoms with Gasteiger partial charge in [0.2, 0.25) is 0 Å². The van der Waals surface area contributed by atoms with Crippen LogP contribution < -0.4 is 0 Å². The Morgan fingerprint density at radius 1 is 1.00 bits per heavy atom. The molecule has 0 bridgehead atoms. The van der Waals surface area contributed by atoms with Gasteiger partial charge in [-0.3, -0.25) is 9.59 Å². The van der Waals surface area contributed by atoms with Crippen LogP contribution in [0.5, 0.6) is 0 Å². The molecule has 0 saturated carbocycles. The molecule has 5 heteroatoms. The van der Waals surface area contributed by atoms with E-state index in [1.54, 1.807) is 4.90 Å². The van der Waals surface area contributed by atoms with Gasteiger partial charge in [-0.15, -0.1) is 0 Å². The fraction of sp³-hybridized carbons (Fsp3) is 0.579. The molecule has 0 N–H and O–H groups in total. The molecule has 0 heterocycles. The van der Waals surface area contributed by atoms with Gasteiger partial charge in [0.1, 0.15) is 0 Å². The first-order chi connectivity index (χ1) is 11.5. The summed E-state index contributed by atoms with van der Waals surface area (Å²) in [6, 6.07) is 7.55. The Morgan fingerprint density at radius 3 is 2.17 bits per heavy atom. The van der Waals surface area contributed by atoms with Crippen LogP contribution in [0, 0.1) is 6.92 Å². The molecular formula is C19H30N2O3. The second kappa shape index (κ2) is 10.8. The molecule has 0 fully saturated rings. The molecule has 134 valence electrons. The van der Waals surface area contributed by atoms with Gasteiger partial charge in [-0.25, -0.2) is 0 Å². The van der Waals surface area contributed by atoms with Crippen molar-refractivity contribution in [3.63, 3.8) is 0 Å². The molecule has 0 spiro atoms. The predicted octanol–water partition coefficient (Wildman–Crippen LogP) is 2.73. The zero-order valence-corrected chi connectivity index (χ0v) is 15.4. The number of esters is 1. The first-order valence-corrected chi connectivity index (χ1v) is 8.66. The summed E-state index contributed by atoms with van der Waals surface area (Å²) >= 11 is 0. The highest BCUT2D eigenvalue weighted by molar-refractivity contribution is 5.94. The molecule has 0 aromatic heterocycles. The van der Waals surface area contributed by atoms with Crippen LogP contribution in [0.2, 0.25) is 0 Å². The summed E-state index contributed by atoms with van der Waals surface area (Å²) in [5.74, 6) is -0.320. The highest BCUT2D eigenvalue weighted by atomic mass is 16.5. The Hall–Kier alpha value is -1.88. The maximum absolute atomic E-state index is 12.7. The monoisotopic (exact) mass is 334 g/mol. The van der Waals surface area contributed by atoms with Crippen LogP contribution in [0.3, 0.4) is 0 Å². The zero-order valence-electron chi connectivity index (χ0n) is 15.4. The fourth-order valence-corrected chi connectivity index (χ4v) is 2.55. The minimum atomic E-state index is -0.291. The molecule has 1 aromatic rings. The third kappa shape index (κ3) is 6.71. The van der Waals surface area contributed by atoms with E-state index in [9.17, 15) is 9.59 Å². The maximum Gasteiger partial charge on any atom is 0.307 e. The van der Waals surface area contributed by atoms with Crippen LogP contribution in [0.1, 0.15) is 42.6 Å². The Kier molecular flexibility index (Phi) is 9.08. The van der Waals surface area contributed by atoms with Crippen molar-refractivity contribution in [2.24, 2.45) is 0 Å². The quantitative estimate of drug-likeness (QED) is 0.617. The van der Waals surface area contributed by atoms with E-state index in [-0.39, 0.29) is 18.3 Å². The lowest BCUT2D eigenvalue weighted by Crippen LogP contribution is -2.36. The van der Waals surface area contributed by atoms with Crippen LogP contribution >= 0.6 is 0 Å². The van der Waals surface area contributed by atoms with Crippen LogP contribution in [0.4, 0.5) is 0 Å². The highest BCUT2D eigenvalue weighted by Crippen LogP contribution is 2.09. The summed E-state index contributed by atoms with van der Waals surface area (Å²) in [4.78, 5) is 28.2. The number of methoxy groups -OCH3 is 1. The van der Waals surface area contributed by atoms with Crippen LogP contribution in [-0.4, -0.2) is 61.5 Å². The molecule has 0 unspecified atom stereocenters. The van der Waals surface area contributed by atoms with Crippen molar-refractivity contribution in [3.05, 3.63) is 35.4 Å². The van der Waals surface area contributed by atoms with Crippen molar-refractivity contribution in [1.29, 1.82) is 0 Å². The molecule has 24 heavy (non-hydrogen) atoms. The summed E-state index contributed by atoms with van der Waals surface area (Å²) < 4.78 is 4.69. The van der Waals surface area contributed by atoms with Gasteiger partial charge in [0.25, 0.3) is 5.91 Å². The summed E-state index contributed by atoms with van der Waals surface area (Å²) in [5.41, 5.74) is 1.78. The number of hydrogen-bond donors (Lipinski definition) is 0. The topological polar surface area (TPSA) is 49.9 Å². The number of nitrogens with zero attached hydrogens (tertiary/aromatic N) is 2. The van der Waals surface area contributed by atoms with E-state index < -0.39 is 0 Å². The molecule has 0 aliphatic carbocycles. The zero-order chi connectivity index (χ0) is 17.9. The van der Waals surface area contributed by atoms with Gasteiger partial charge in [0, 0.05) is 18.7 Å². The van der Waals surface area contributed by atoms with Crippen molar-refractivity contribution in [3.8, 4) is 0 Å². The number of rotatable bonds is 10. The largest absolute Gasteiger partial charge is 0.469 e. The van der Waals surface area contributed by atoms with Crippen LogP contribution in [-0.2, 0) is 9.53 Å². The van der Waals surface area contributed by atoms with E-state index in [1.165, 1.54) is 7.11 Å². The SMILES string of the molecule is CCN(CC)CCCN(CCC(=O)OC)C(=O)c1ccc(C)cc1. The van der Waals surface area contributed by atoms with Gasteiger partial charge < -0.3 is 14.5 Å². The van der Waals surface area contributed by atoms with E-state index in [0.29, 0.717) is 18.7 Å². The van der Waals surface area contributed by atoms with E-state index in [1.807, 2.05) is 31.2 Å². The minimum Gasteiger partial charge on any atom is -0.469 e. The lowest BCUT2D eigenvalue weighted by molar-refractivity contribution is -0.140. The summed E-state index contributed by atoms with van der Waals surface area (Å²) in [7, 11) is 1.37. The Labute approximate surface area is 145 Å². The molecule has 0 atom stereocenters. The molecule has 0 saturated heterocycles. The van der Waals surface area contributed by atoms with Crippen LogP contribution in [0.15, 0.2) is 24.3 Å². The van der Waals surface area contributed by atoms with Gasteiger partial charge in [-0.2, -0.15) is 0 Å². The van der Waals surface area contributed by atoms with Gasteiger partial charge in [-0.1, -0.05) is 31.5 Å². The van der Waals surface area contributed by atoms with E-state index in [2.05, 4.69) is 18.7 Å². The number of carbonyl (C=O) groups is 2. The van der Waals surface area contributed by atoms with Gasteiger partial charge in [0.05, 0.1) is 13.5 Å². The second-order valence-electron chi connectivity index (χ2n) is 5.86. The highest BCUT2D eigenvalue weighted by Gasteiger charge is 2.17. The Balaban J connectivity index is 2.70. The van der Waals surface area contributed by atoms with Gasteiger partial charge >= 0.3 is 5.97 Å². The molecular weight excluding hydrogens is 304 g/mol. The normalized spacial score (nSPS) is 10.7. The lowest BCUT2D eigenvalue weighted by atomic mass is 10.1. The first kappa shape index (κ1) is 20.2. The van der Waals surface area contributed by atoms with Crippen molar-refractivity contribution >= 4 is 11.9 Å². The molecule has 0 radical (unpaired) electrons. The average molecular weight is 334 g/mol. The first-order valence-electron chi connectivity index (χ1n) is 8.66. The fourth-order valence-electron chi connectivity index (χ4n) is 2.55. The molecule has 1 rings (SSSR count). The minimum absolute atomic E-state index is 0.0292. The van der Waals surface area contributed by atoms with Crippen molar-refractivity contribution in [2.45, 2.75) is 33.6 Å². The van der Waals surface area contributed by atoms with Gasteiger partial charge in [0.15, 0.2) is 0 Å². The third-order valence-corrected chi connectivity index (χ3v) is 4.20. The average Bonchev–Trinajstić information content (AvgIpc) is 2.61. The smallest absolute Gasteiger partial charge is 0.307 e. The van der Waals surface area contributed by atoms with Crippen molar-refractivity contribution in [1.82, 2.24) is 9.80 Å². The number of aryl methyl sites for hydroxylation is 1. The number of amides is 1. The van der Waals surface area contributed by atoms with Gasteiger partial charge in [-0.05, 0) is 45.1 Å². The second-order valence-corrected chi connectivity index (χ2v) is 5.86. The number of ether oxygens (including phenoxy) is 1. The molecule has 1 amide bonds. The van der Waals surface area contributed by atoms with Crippen molar-refractivity contribution < 1.29 is 14.3 Å². The Bertz CT molecular complexity index is 510. The molecule has 0 aliphatic rings. The van der Waals surface area contributed by atoms with E-state index >= 15 is 0 Å². The van der Waals surface area contributed by atoms with E-state index in [0.717, 1.165) is 31.6 Å².